The summed E-state index contributed by atoms with van der Waals surface area (Å²) < 4.78 is 28.7. The van der Waals surface area contributed by atoms with Crippen molar-refractivity contribution in [3.05, 3.63) is 0 Å². The highest BCUT2D eigenvalue weighted by Crippen LogP contribution is 2.43. The molecule has 9 heteroatoms. The quantitative estimate of drug-likeness (QED) is 0.465. The van der Waals surface area contributed by atoms with Crippen LogP contribution in [0.25, 0.3) is 0 Å². The molecule has 0 rings (SSSR count). The van der Waals surface area contributed by atoms with Gasteiger partial charge in [-0.05, 0) is 0 Å². The lowest BCUT2D eigenvalue weighted by molar-refractivity contribution is 0.136. The molecule has 0 radical (unpaired) electrons. The van der Waals surface area contributed by atoms with E-state index in [0.717, 1.165) is 0 Å². The van der Waals surface area contributed by atoms with Gasteiger partial charge in [-0.25, -0.2) is 4.57 Å². The highest BCUT2D eigenvalue weighted by Gasteiger charge is 2.09. The second kappa shape index (κ2) is 10.4. The summed E-state index contributed by atoms with van der Waals surface area (Å²) in [5.41, 5.74) is 0. The summed E-state index contributed by atoms with van der Waals surface area (Å²) in [5, 5.41) is 25.5. The van der Waals surface area contributed by atoms with Gasteiger partial charge in [-0.1, -0.05) is 0 Å². The molecule has 94 valence electrons. The first-order valence-corrected chi connectivity index (χ1v) is 5.56. The highest BCUT2D eigenvalue weighted by atomic mass is 31.2. The molecule has 0 spiro atoms. The van der Waals surface area contributed by atoms with Crippen LogP contribution in [0.4, 0.5) is 8.39 Å². The molecule has 0 aromatic rings. The van der Waals surface area contributed by atoms with E-state index in [4.69, 9.17) is 24.8 Å². The summed E-state index contributed by atoms with van der Waals surface area (Å²) in [6, 6.07) is 0. The van der Waals surface area contributed by atoms with E-state index >= 15 is 0 Å². The smallest absolute Gasteiger partial charge is 0.395 e. The van der Waals surface area contributed by atoms with Gasteiger partial charge < -0.3 is 15.3 Å². The van der Waals surface area contributed by atoms with Crippen LogP contribution in [0.3, 0.4) is 0 Å². The van der Waals surface area contributed by atoms with E-state index in [2.05, 4.69) is 0 Å². The van der Waals surface area contributed by atoms with Crippen molar-refractivity contribution in [3.8, 4) is 0 Å². The standard InChI is InChI=1S/C6H15NO3.F2HO2P/c8-4-1-7(2-5-9)3-6-10;1-5(2,3)4/h8-10H,1-6H2;(H,3,4). The second-order valence-electron chi connectivity index (χ2n) is 2.45. The molecule has 0 aliphatic heterocycles. The average molecular weight is 251 g/mol. The molecule has 4 N–H and O–H groups in total. The Morgan fingerprint density at radius 3 is 1.27 bits per heavy atom. The summed E-state index contributed by atoms with van der Waals surface area (Å²) in [5.74, 6) is 0. The molecule has 0 fully saturated rings. The van der Waals surface area contributed by atoms with Gasteiger partial charge in [0.1, 0.15) is 0 Å². The first kappa shape index (κ1) is 17.3. The topological polar surface area (TPSA) is 101 Å². The van der Waals surface area contributed by atoms with Crippen LogP contribution in [-0.4, -0.2) is 64.6 Å². The Hall–Kier alpha value is -0.110. The molecule has 0 atom stereocenters. The fraction of sp³-hybridized carbons (Fsp3) is 1.00. The number of aliphatic hydroxyl groups excluding tert-OH is 3. The Morgan fingerprint density at radius 2 is 1.13 bits per heavy atom. The van der Waals surface area contributed by atoms with Crippen LogP contribution in [0.15, 0.2) is 0 Å². The van der Waals surface area contributed by atoms with Crippen LogP contribution < -0.4 is 0 Å². The van der Waals surface area contributed by atoms with Gasteiger partial charge in [-0.3, -0.25) is 9.79 Å². The number of aliphatic hydroxyl groups is 3. The van der Waals surface area contributed by atoms with Gasteiger partial charge in [-0.2, -0.15) is 0 Å². The Bertz CT molecular complexity index is 156. The molecule has 0 aliphatic rings. The monoisotopic (exact) mass is 251 g/mol. The first-order valence-electron chi connectivity index (χ1n) is 4.12. The van der Waals surface area contributed by atoms with Crippen molar-refractivity contribution in [2.24, 2.45) is 0 Å². The van der Waals surface area contributed by atoms with E-state index in [9.17, 15) is 8.39 Å². The third kappa shape index (κ3) is 24.8. The molecule has 0 unspecified atom stereocenters. The van der Waals surface area contributed by atoms with E-state index in [0.29, 0.717) is 19.6 Å². The fourth-order valence-electron chi connectivity index (χ4n) is 0.760. The normalized spacial score (nSPS) is 11.1. The maximum Gasteiger partial charge on any atom is 0.549 e. The zero-order chi connectivity index (χ0) is 12.3. The Labute approximate surface area is 86.5 Å². The third-order valence-electron chi connectivity index (χ3n) is 1.25. The lowest BCUT2D eigenvalue weighted by Gasteiger charge is -2.17. The number of rotatable bonds is 6. The van der Waals surface area contributed by atoms with Crippen molar-refractivity contribution in [2.45, 2.75) is 0 Å². The average Bonchev–Trinajstić information content (AvgIpc) is 2.02. The molecule has 0 bridgehead atoms. The molecule has 0 saturated carbocycles. The minimum atomic E-state index is -5.64. The van der Waals surface area contributed by atoms with Crippen LogP contribution in [0.1, 0.15) is 0 Å². The van der Waals surface area contributed by atoms with Gasteiger partial charge in [0.15, 0.2) is 0 Å². The number of nitrogens with zero attached hydrogens (tertiary/aromatic N) is 1. The first-order chi connectivity index (χ1) is 6.85. The molecule has 6 nitrogen and oxygen atoms in total. The molecule has 0 aromatic carbocycles. The SMILES string of the molecule is O=P(O)(F)F.OCCN(CCO)CCO. The van der Waals surface area contributed by atoms with Crippen molar-refractivity contribution < 1.29 is 33.2 Å². The molecule has 15 heavy (non-hydrogen) atoms. The maximum atomic E-state index is 10.1. The van der Waals surface area contributed by atoms with E-state index < -0.39 is 7.99 Å². The van der Waals surface area contributed by atoms with Gasteiger partial charge in [0.05, 0.1) is 19.8 Å². The van der Waals surface area contributed by atoms with E-state index in [1.807, 2.05) is 0 Å². The summed E-state index contributed by atoms with van der Waals surface area (Å²) in [4.78, 5) is 8.53. The van der Waals surface area contributed by atoms with Crippen molar-refractivity contribution in [1.82, 2.24) is 4.90 Å². The van der Waals surface area contributed by atoms with E-state index in [-0.39, 0.29) is 19.8 Å². The van der Waals surface area contributed by atoms with Gasteiger partial charge >= 0.3 is 7.99 Å². The summed E-state index contributed by atoms with van der Waals surface area (Å²) >= 11 is 0. The molecule has 0 aliphatic carbocycles. The minimum absolute atomic E-state index is 0.0694. The Balaban J connectivity index is 0. The second-order valence-corrected chi connectivity index (χ2v) is 3.32. The highest BCUT2D eigenvalue weighted by molar-refractivity contribution is 7.46. The lowest BCUT2D eigenvalue weighted by Crippen LogP contribution is -2.32. The van der Waals surface area contributed by atoms with Gasteiger partial charge in [0, 0.05) is 19.6 Å². The number of hydrogen-bond donors (Lipinski definition) is 4. The third-order valence-corrected chi connectivity index (χ3v) is 1.25. The van der Waals surface area contributed by atoms with Crippen LogP contribution in [-0.2, 0) is 4.57 Å². The number of hydrogen-bond acceptors (Lipinski definition) is 5. The van der Waals surface area contributed by atoms with Crippen LogP contribution >= 0.6 is 7.99 Å². The predicted molar refractivity (Wildman–Crippen MR) is 49.7 cm³/mol. The Kier molecular flexibility index (Phi) is 12.0. The predicted octanol–water partition coefficient (Wildman–Crippen LogP) is -0.709. The largest absolute Gasteiger partial charge is 0.549 e. The van der Waals surface area contributed by atoms with Crippen molar-refractivity contribution in [2.75, 3.05) is 39.5 Å². The zero-order valence-corrected chi connectivity index (χ0v) is 8.98. The minimum Gasteiger partial charge on any atom is -0.395 e. The molecule has 0 heterocycles. The van der Waals surface area contributed by atoms with Crippen molar-refractivity contribution >= 4 is 7.99 Å². The molecular formula is C6H16F2NO5P. The summed E-state index contributed by atoms with van der Waals surface area (Å²) in [7, 11) is -5.64. The van der Waals surface area contributed by atoms with Crippen molar-refractivity contribution in [3.63, 3.8) is 0 Å². The molecular weight excluding hydrogens is 235 g/mol. The Morgan fingerprint density at radius 1 is 0.933 bits per heavy atom. The maximum absolute atomic E-state index is 10.1. The van der Waals surface area contributed by atoms with E-state index in [1.54, 1.807) is 4.90 Å². The lowest BCUT2D eigenvalue weighted by atomic mass is 10.4. The van der Waals surface area contributed by atoms with E-state index in [1.165, 1.54) is 0 Å². The molecule has 0 aromatic heterocycles. The van der Waals surface area contributed by atoms with Gasteiger partial charge in [0.2, 0.25) is 0 Å². The zero-order valence-electron chi connectivity index (χ0n) is 8.09. The van der Waals surface area contributed by atoms with Crippen LogP contribution in [0, 0.1) is 0 Å². The summed E-state index contributed by atoms with van der Waals surface area (Å²) in [6.45, 7) is 1.75. The van der Waals surface area contributed by atoms with Crippen LogP contribution in [0.2, 0.25) is 0 Å². The molecule has 0 amide bonds. The van der Waals surface area contributed by atoms with Gasteiger partial charge in [0.25, 0.3) is 0 Å². The fourth-order valence-corrected chi connectivity index (χ4v) is 0.760. The number of halogens is 2. The molecule has 0 saturated heterocycles. The van der Waals surface area contributed by atoms with Crippen molar-refractivity contribution in [1.29, 1.82) is 0 Å². The van der Waals surface area contributed by atoms with Gasteiger partial charge in [-0.15, -0.1) is 8.39 Å². The van der Waals surface area contributed by atoms with Crippen LogP contribution in [0.5, 0.6) is 0 Å². The summed E-state index contributed by atoms with van der Waals surface area (Å²) in [6.07, 6.45) is 0.